The molecule has 0 bridgehead atoms. The molecule has 2 atom stereocenters. The second-order valence-corrected chi connectivity index (χ2v) is 6.99. The monoisotopic (exact) mass is 375 g/mol. The minimum Gasteiger partial charge on any atom is -0.480 e. The zero-order chi connectivity index (χ0) is 19.8. The van der Waals surface area contributed by atoms with Gasteiger partial charge in [0.05, 0.1) is 6.04 Å². The number of amides is 2. The maximum Gasteiger partial charge on any atom is 0.320 e. The summed E-state index contributed by atoms with van der Waals surface area (Å²) in [6, 6.07) is 7.47. The second-order valence-electron chi connectivity index (χ2n) is 6.99. The molecule has 1 aromatic rings. The summed E-state index contributed by atoms with van der Waals surface area (Å²) in [6.45, 7) is 4.07. The molecule has 0 saturated carbocycles. The van der Waals surface area contributed by atoms with E-state index in [1.165, 1.54) is 18.1 Å². The fraction of sp³-hybridized carbons (Fsp3) is 0.550. The first-order valence-corrected chi connectivity index (χ1v) is 9.47. The molecule has 0 heterocycles. The van der Waals surface area contributed by atoms with Gasteiger partial charge in [0.25, 0.3) is 0 Å². The minimum absolute atomic E-state index is 0.0205. The molecule has 7 heteroatoms. The van der Waals surface area contributed by atoms with Gasteiger partial charge < -0.3 is 15.7 Å². The summed E-state index contributed by atoms with van der Waals surface area (Å²) in [5.41, 5.74) is 2.46. The number of fused-ring (bicyclic) bond motifs is 1. The number of carbonyl (C=O) groups excluding carboxylic acids is 2. The van der Waals surface area contributed by atoms with Crippen LogP contribution in [-0.4, -0.2) is 53.5 Å². The average Bonchev–Trinajstić information content (AvgIpc) is 2.64. The highest BCUT2D eigenvalue weighted by atomic mass is 16.4. The zero-order valence-electron chi connectivity index (χ0n) is 16.0. The van der Waals surface area contributed by atoms with Crippen LogP contribution in [0.1, 0.15) is 50.3 Å². The predicted octanol–water partition coefficient (Wildman–Crippen LogP) is 1.48. The Morgan fingerprint density at radius 3 is 2.70 bits per heavy atom. The van der Waals surface area contributed by atoms with Crippen molar-refractivity contribution in [2.24, 2.45) is 0 Å². The van der Waals surface area contributed by atoms with Gasteiger partial charge in [0, 0.05) is 33.0 Å². The Morgan fingerprint density at radius 1 is 1.26 bits per heavy atom. The largest absolute Gasteiger partial charge is 0.480 e. The number of benzene rings is 1. The second kappa shape index (κ2) is 10.1. The number of carboxylic acid groups (broad SMARTS) is 1. The topological polar surface area (TPSA) is 98.7 Å². The van der Waals surface area contributed by atoms with Crippen molar-refractivity contribution in [1.29, 1.82) is 0 Å². The van der Waals surface area contributed by atoms with Crippen molar-refractivity contribution >= 4 is 17.8 Å². The molecular formula is C20H29N3O4. The maximum absolute atomic E-state index is 12.4. The Morgan fingerprint density at radius 2 is 2.00 bits per heavy atom. The zero-order valence-corrected chi connectivity index (χ0v) is 16.0. The molecule has 0 aliphatic heterocycles. The first kappa shape index (κ1) is 20.9. The number of nitrogens with one attached hydrogen (secondary N) is 2. The fourth-order valence-corrected chi connectivity index (χ4v) is 3.45. The van der Waals surface area contributed by atoms with Crippen molar-refractivity contribution in [3.63, 3.8) is 0 Å². The van der Waals surface area contributed by atoms with Crippen LogP contribution in [0.25, 0.3) is 0 Å². The molecule has 0 saturated heterocycles. The molecule has 1 aliphatic rings. The molecule has 0 radical (unpaired) electrons. The third-order valence-electron chi connectivity index (χ3n) is 5.01. The Kier molecular flexibility index (Phi) is 7.79. The van der Waals surface area contributed by atoms with E-state index in [0.29, 0.717) is 19.6 Å². The van der Waals surface area contributed by atoms with E-state index in [-0.39, 0.29) is 24.3 Å². The number of carboxylic acids is 1. The third-order valence-corrected chi connectivity index (χ3v) is 5.01. The number of carbonyl (C=O) groups is 3. The van der Waals surface area contributed by atoms with Gasteiger partial charge >= 0.3 is 5.97 Å². The summed E-state index contributed by atoms with van der Waals surface area (Å²) in [4.78, 5) is 36.5. The van der Waals surface area contributed by atoms with Crippen molar-refractivity contribution in [3.05, 3.63) is 35.4 Å². The summed E-state index contributed by atoms with van der Waals surface area (Å²) in [5.74, 6) is -1.19. The molecular weight excluding hydrogens is 346 g/mol. The van der Waals surface area contributed by atoms with Gasteiger partial charge in [-0.2, -0.15) is 0 Å². The van der Waals surface area contributed by atoms with Crippen LogP contribution in [0.4, 0.5) is 0 Å². The van der Waals surface area contributed by atoms with Gasteiger partial charge in [0.15, 0.2) is 0 Å². The van der Waals surface area contributed by atoms with E-state index in [2.05, 4.69) is 22.8 Å². The summed E-state index contributed by atoms with van der Waals surface area (Å²) < 4.78 is 0. The maximum atomic E-state index is 12.4. The standard InChI is InChI=1S/C20H29N3O4/c1-14(20(26)27)23(13-11-21-15(2)24)12-10-19(25)22-18-9-5-7-16-6-3-4-8-17(16)18/h3-4,6,8,14,18H,5,7,9-13H2,1-2H3,(H,21,24)(H,22,25)(H,26,27). The van der Waals surface area contributed by atoms with Gasteiger partial charge in [0.2, 0.25) is 11.8 Å². The molecule has 2 unspecified atom stereocenters. The lowest BCUT2D eigenvalue weighted by Gasteiger charge is -2.28. The van der Waals surface area contributed by atoms with Crippen molar-refractivity contribution in [2.75, 3.05) is 19.6 Å². The fourth-order valence-electron chi connectivity index (χ4n) is 3.45. The first-order valence-electron chi connectivity index (χ1n) is 9.47. The van der Waals surface area contributed by atoms with Crippen LogP contribution in [0.5, 0.6) is 0 Å². The lowest BCUT2D eigenvalue weighted by Crippen LogP contribution is -2.45. The van der Waals surface area contributed by atoms with Gasteiger partial charge in [-0.05, 0) is 37.3 Å². The molecule has 1 aromatic carbocycles. The van der Waals surface area contributed by atoms with Crippen LogP contribution in [-0.2, 0) is 20.8 Å². The van der Waals surface area contributed by atoms with Crippen LogP contribution in [0.15, 0.2) is 24.3 Å². The smallest absolute Gasteiger partial charge is 0.320 e. The SMILES string of the molecule is CC(=O)NCCN(CCC(=O)NC1CCCc2ccccc21)C(C)C(=O)O. The number of aryl methyl sites for hydroxylation is 1. The first-order chi connectivity index (χ1) is 12.9. The molecule has 148 valence electrons. The summed E-state index contributed by atoms with van der Waals surface area (Å²) in [7, 11) is 0. The molecule has 1 aliphatic carbocycles. The van der Waals surface area contributed by atoms with Gasteiger partial charge in [0.1, 0.15) is 6.04 Å². The van der Waals surface area contributed by atoms with E-state index in [4.69, 9.17) is 0 Å². The van der Waals surface area contributed by atoms with Crippen molar-refractivity contribution in [3.8, 4) is 0 Å². The average molecular weight is 375 g/mol. The van der Waals surface area contributed by atoms with Crippen LogP contribution in [0, 0.1) is 0 Å². The van der Waals surface area contributed by atoms with E-state index >= 15 is 0 Å². The lowest BCUT2D eigenvalue weighted by molar-refractivity contribution is -0.143. The van der Waals surface area contributed by atoms with E-state index in [9.17, 15) is 19.5 Å². The summed E-state index contributed by atoms with van der Waals surface area (Å²) in [5, 5.41) is 15.0. The third kappa shape index (κ3) is 6.36. The molecule has 2 amide bonds. The number of hydrogen-bond donors (Lipinski definition) is 3. The van der Waals surface area contributed by atoms with E-state index in [1.807, 2.05) is 12.1 Å². The molecule has 3 N–H and O–H groups in total. The van der Waals surface area contributed by atoms with E-state index in [0.717, 1.165) is 19.3 Å². The van der Waals surface area contributed by atoms with Gasteiger partial charge in [-0.3, -0.25) is 19.3 Å². The number of aliphatic carboxylic acids is 1. The molecule has 2 rings (SSSR count). The Bertz CT molecular complexity index is 677. The van der Waals surface area contributed by atoms with Gasteiger partial charge in [-0.15, -0.1) is 0 Å². The molecule has 7 nitrogen and oxygen atoms in total. The van der Waals surface area contributed by atoms with Crippen LogP contribution in [0.2, 0.25) is 0 Å². The van der Waals surface area contributed by atoms with Crippen molar-refractivity contribution in [2.45, 2.75) is 51.6 Å². The molecule has 27 heavy (non-hydrogen) atoms. The predicted molar refractivity (Wildman–Crippen MR) is 102 cm³/mol. The van der Waals surface area contributed by atoms with E-state index in [1.54, 1.807) is 11.8 Å². The molecule has 0 aromatic heterocycles. The van der Waals surface area contributed by atoms with Crippen LogP contribution >= 0.6 is 0 Å². The van der Waals surface area contributed by atoms with Gasteiger partial charge in [-0.25, -0.2) is 0 Å². The Balaban J connectivity index is 1.89. The van der Waals surface area contributed by atoms with E-state index < -0.39 is 12.0 Å². The minimum atomic E-state index is -0.945. The van der Waals surface area contributed by atoms with Crippen LogP contribution in [0.3, 0.4) is 0 Å². The Labute approximate surface area is 160 Å². The highest BCUT2D eigenvalue weighted by Crippen LogP contribution is 2.29. The highest BCUT2D eigenvalue weighted by Gasteiger charge is 2.24. The van der Waals surface area contributed by atoms with Crippen LogP contribution < -0.4 is 10.6 Å². The van der Waals surface area contributed by atoms with Gasteiger partial charge in [-0.1, -0.05) is 24.3 Å². The number of rotatable bonds is 9. The lowest BCUT2D eigenvalue weighted by atomic mass is 9.87. The Hall–Kier alpha value is -2.41. The quantitative estimate of drug-likeness (QED) is 0.607. The molecule has 0 fully saturated rings. The van der Waals surface area contributed by atoms with Crippen molar-refractivity contribution < 1.29 is 19.5 Å². The summed E-state index contributed by atoms with van der Waals surface area (Å²) in [6.07, 6.45) is 3.22. The molecule has 0 spiro atoms. The summed E-state index contributed by atoms with van der Waals surface area (Å²) >= 11 is 0. The number of hydrogen-bond acceptors (Lipinski definition) is 4. The number of nitrogens with zero attached hydrogens (tertiary/aromatic N) is 1. The highest BCUT2D eigenvalue weighted by molar-refractivity contribution is 5.77. The van der Waals surface area contributed by atoms with Crippen molar-refractivity contribution in [1.82, 2.24) is 15.5 Å². The normalized spacial score (nSPS) is 17.1.